The number of hydrogen-bond acceptors (Lipinski definition) is 4. The lowest BCUT2D eigenvalue weighted by Crippen LogP contribution is -2.43. The van der Waals surface area contributed by atoms with Gasteiger partial charge in [0, 0.05) is 0 Å². The third-order valence-corrected chi connectivity index (χ3v) is 7.00. The first-order valence-corrected chi connectivity index (χ1v) is 10.9. The lowest BCUT2D eigenvalue weighted by Gasteiger charge is -2.14. The Kier molecular flexibility index (Phi) is 6.79. The maximum Gasteiger partial charge on any atom is 0.266 e. The Morgan fingerprint density at radius 3 is 2.28 bits per heavy atom. The van der Waals surface area contributed by atoms with Crippen molar-refractivity contribution in [1.29, 1.82) is 0 Å². The van der Waals surface area contributed by atoms with Crippen LogP contribution in [0.5, 0.6) is 0 Å². The fourth-order valence-corrected chi connectivity index (χ4v) is 5.14. The van der Waals surface area contributed by atoms with Gasteiger partial charge in [0.2, 0.25) is 5.91 Å². The zero-order chi connectivity index (χ0) is 18.6. The SMILES string of the molecule is CC(C)Cc1ccc(C(C)C(=O)NNS(=O)(=O)c2ccc(Br)s2)cc1. The minimum Gasteiger partial charge on any atom is -0.277 e. The maximum absolute atomic E-state index is 12.2. The van der Waals surface area contributed by atoms with Crippen molar-refractivity contribution in [3.8, 4) is 0 Å². The van der Waals surface area contributed by atoms with Gasteiger partial charge in [-0.3, -0.25) is 10.2 Å². The summed E-state index contributed by atoms with van der Waals surface area (Å²) >= 11 is 4.29. The van der Waals surface area contributed by atoms with Gasteiger partial charge in [0.15, 0.2) is 0 Å². The van der Waals surface area contributed by atoms with Crippen LogP contribution in [0, 0.1) is 5.92 Å². The number of rotatable bonds is 7. The molecule has 0 aliphatic heterocycles. The van der Waals surface area contributed by atoms with E-state index in [0.717, 1.165) is 23.3 Å². The third kappa shape index (κ3) is 5.64. The van der Waals surface area contributed by atoms with E-state index in [2.05, 4.69) is 40.0 Å². The van der Waals surface area contributed by atoms with E-state index in [0.29, 0.717) is 9.70 Å². The molecule has 0 spiro atoms. The molecule has 0 bridgehead atoms. The van der Waals surface area contributed by atoms with Gasteiger partial charge in [0.1, 0.15) is 4.21 Å². The molecule has 25 heavy (non-hydrogen) atoms. The van der Waals surface area contributed by atoms with E-state index in [4.69, 9.17) is 0 Å². The summed E-state index contributed by atoms with van der Waals surface area (Å²) in [5.41, 5.74) is 4.34. The first kappa shape index (κ1) is 20.1. The zero-order valence-corrected chi connectivity index (χ0v) is 17.5. The second-order valence-corrected chi connectivity index (χ2v) is 10.6. The molecule has 1 aromatic carbocycles. The Morgan fingerprint density at radius 2 is 1.76 bits per heavy atom. The lowest BCUT2D eigenvalue weighted by atomic mass is 9.96. The topological polar surface area (TPSA) is 75.3 Å². The minimum atomic E-state index is -3.76. The molecule has 0 radical (unpaired) electrons. The molecule has 2 rings (SSSR count). The molecule has 0 saturated heterocycles. The highest BCUT2D eigenvalue weighted by molar-refractivity contribution is 9.11. The molecule has 1 atom stereocenters. The Bertz CT molecular complexity index is 830. The molecule has 2 N–H and O–H groups in total. The van der Waals surface area contributed by atoms with E-state index >= 15 is 0 Å². The largest absolute Gasteiger partial charge is 0.277 e. The van der Waals surface area contributed by atoms with Crippen LogP contribution in [0.2, 0.25) is 0 Å². The molecule has 5 nitrogen and oxygen atoms in total. The molecular weight excluding hydrogens is 424 g/mol. The van der Waals surface area contributed by atoms with Crippen LogP contribution >= 0.6 is 27.3 Å². The number of benzene rings is 1. The second-order valence-electron chi connectivity index (χ2n) is 6.21. The highest BCUT2D eigenvalue weighted by Gasteiger charge is 2.20. The van der Waals surface area contributed by atoms with Crippen molar-refractivity contribution < 1.29 is 13.2 Å². The van der Waals surface area contributed by atoms with Crippen LogP contribution in [-0.4, -0.2) is 14.3 Å². The molecule has 136 valence electrons. The second kappa shape index (κ2) is 8.44. The predicted molar refractivity (Wildman–Crippen MR) is 104 cm³/mol. The quantitative estimate of drug-likeness (QED) is 0.637. The van der Waals surface area contributed by atoms with Gasteiger partial charge in [-0.1, -0.05) is 38.1 Å². The average Bonchev–Trinajstić information content (AvgIpc) is 2.99. The van der Waals surface area contributed by atoms with Gasteiger partial charge in [-0.05, 0) is 58.5 Å². The monoisotopic (exact) mass is 444 g/mol. The van der Waals surface area contributed by atoms with Gasteiger partial charge in [0.25, 0.3) is 10.0 Å². The number of nitrogens with one attached hydrogen (secondary N) is 2. The van der Waals surface area contributed by atoms with Crippen LogP contribution in [0.25, 0.3) is 0 Å². The molecule has 8 heteroatoms. The summed E-state index contributed by atoms with van der Waals surface area (Å²) < 4.78 is 25.1. The number of halogens is 1. The zero-order valence-electron chi connectivity index (χ0n) is 14.2. The van der Waals surface area contributed by atoms with Gasteiger partial charge < -0.3 is 0 Å². The summed E-state index contributed by atoms with van der Waals surface area (Å²) in [6, 6.07) is 10.9. The van der Waals surface area contributed by atoms with Crippen LogP contribution in [0.15, 0.2) is 44.4 Å². The van der Waals surface area contributed by atoms with E-state index in [1.807, 2.05) is 24.3 Å². The smallest absolute Gasteiger partial charge is 0.266 e. The normalized spacial score (nSPS) is 13.0. The Hall–Kier alpha value is -1.22. The van der Waals surface area contributed by atoms with E-state index in [-0.39, 0.29) is 4.21 Å². The summed E-state index contributed by atoms with van der Waals surface area (Å²) in [5.74, 6) is -0.306. The first-order chi connectivity index (χ1) is 11.7. The highest BCUT2D eigenvalue weighted by Crippen LogP contribution is 2.25. The Balaban J connectivity index is 1.98. The molecule has 0 saturated carbocycles. The number of hydrazine groups is 1. The van der Waals surface area contributed by atoms with E-state index in [1.54, 1.807) is 13.0 Å². The molecule has 1 unspecified atom stereocenters. The Labute approximate surface area is 161 Å². The van der Waals surface area contributed by atoms with Crippen LogP contribution < -0.4 is 10.3 Å². The highest BCUT2D eigenvalue weighted by atomic mass is 79.9. The van der Waals surface area contributed by atoms with E-state index < -0.39 is 21.8 Å². The van der Waals surface area contributed by atoms with Crippen LogP contribution in [0.3, 0.4) is 0 Å². The number of amides is 1. The summed E-state index contributed by atoms with van der Waals surface area (Å²) in [5, 5.41) is 0. The molecule has 1 aromatic heterocycles. The minimum absolute atomic E-state index is 0.130. The van der Waals surface area contributed by atoms with Crippen molar-refractivity contribution in [2.75, 3.05) is 0 Å². The third-order valence-electron chi connectivity index (χ3n) is 3.64. The number of hydrogen-bond donors (Lipinski definition) is 2. The molecule has 1 amide bonds. The van der Waals surface area contributed by atoms with Gasteiger partial charge in [0.05, 0.1) is 9.70 Å². The number of carbonyl (C=O) groups is 1. The van der Waals surface area contributed by atoms with E-state index in [1.165, 1.54) is 11.6 Å². The van der Waals surface area contributed by atoms with Crippen molar-refractivity contribution in [2.24, 2.45) is 5.92 Å². The van der Waals surface area contributed by atoms with Crippen molar-refractivity contribution in [1.82, 2.24) is 10.3 Å². The predicted octanol–water partition coefficient (Wildman–Crippen LogP) is 3.82. The van der Waals surface area contributed by atoms with E-state index in [9.17, 15) is 13.2 Å². The fraction of sp³-hybridized carbons (Fsp3) is 0.353. The Morgan fingerprint density at radius 1 is 1.12 bits per heavy atom. The summed E-state index contributed by atoms with van der Waals surface area (Å²) in [6.07, 6.45) is 0.983. The molecule has 1 heterocycles. The summed E-state index contributed by atoms with van der Waals surface area (Å²) in [4.78, 5) is 14.4. The summed E-state index contributed by atoms with van der Waals surface area (Å²) in [6.45, 7) is 6.05. The number of carbonyl (C=O) groups excluding carboxylic acids is 1. The molecule has 0 fully saturated rings. The number of thiophene rings is 1. The standard InChI is InChI=1S/C17H21BrN2O3S2/c1-11(2)10-13-4-6-14(7-5-13)12(3)17(21)19-20-25(22,23)16-9-8-15(18)24-16/h4-9,11-12,20H,10H2,1-3H3,(H,19,21). The maximum atomic E-state index is 12.2. The van der Waals surface area contributed by atoms with Gasteiger partial charge >= 0.3 is 0 Å². The molecule has 0 aliphatic rings. The number of sulfonamides is 1. The van der Waals surface area contributed by atoms with Crippen molar-refractivity contribution in [3.05, 3.63) is 51.3 Å². The fourth-order valence-electron chi connectivity index (χ4n) is 2.28. The summed E-state index contributed by atoms with van der Waals surface area (Å²) in [7, 11) is -3.76. The molecule has 0 aliphatic carbocycles. The lowest BCUT2D eigenvalue weighted by molar-refractivity contribution is -0.122. The van der Waals surface area contributed by atoms with Gasteiger partial charge in [-0.2, -0.15) is 0 Å². The average molecular weight is 445 g/mol. The van der Waals surface area contributed by atoms with Gasteiger partial charge in [-0.25, -0.2) is 8.42 Å². The first-order valence-electron chi connectivity index (χ1n) is 7.85. The van der Waals surface area contributed by atoms with Crippen molar-refractivity contribution >= 4 is 43.2 Å². The molecular formula is C17H21BrN2O3S2. The van der Waals surface area contributed by atoms with Crippen LogP contribution in [-0.2, 0) is 21.2 Å². The van der Waals surface area contributed by atoms with Crippen molar-refractivity contribution in [2.45, 2.75) is 37.3 Å². The van der Waals surface area contributed by atoms with Gasteiger partial charge in [-0.15, -0.1) is 16.2 Å². The molecule has 2 aromatic rings. The van der Waals surface area contributed by atoms with Crippen LogP contribution in [0.1, 0.15) is 37.8 Å². The van der Waals surface area contributed by atoms with Crippen molar-refractivity contribution in [3.63, 3.8) is 0 Å². The van der Waals surface area contributed by atoms with Crippen LogP contribution in [0.4, 0.5) is 0 Å².